The molecule has 0 fully saturated rings. The number of nitrogens with zero attached hydrogens (tertiary/aromatic N) is 3. The van der Waals surface area contributed by atoms with Gasteiger partial charge < -0.3 is 5.32 Å². The van der Waals surface area contributed by atoms with E-state index in [0.717, 1.165) is 11.4 Å². The fourth-order valence-corrected chi connectivity index (χ4v) is 1.81. The molecule has 1 aromatic heterocycles. The zero-order chi connectivity index (χ0) is 13.0. The Hall–Kier alpha value is -1.75. The fourth-order valence-electron chi connectivity index (χ4n) is 1.81. The molecule has 0 spiro atoms. The van der Waals surface area contributed by atoms with Crippen LogP contribution in [0.15, 0.2) is 30.6 Å². The highest BCUT2D eigenvalue weighted by Crippen LogP contribution is 2.09. The van der Waals surface area contributed by atoms with Crippen LogP contribution in [0.3, 0.4) is 0 Å². The maximum absolute atomic E-state index is 13.5. The summed E-state index contributed by atoms with van der Waals surface area (Å²) in [5, 5.41) is 7.31. The largest absolute Gasteiger partial charge is 0.307 e. The van der Waals surface area contributed by atoms with Crippen LogP contribution in [-0.4, -0.2) is 20.8 Å². The number of aromatic nitrogens is 3. The molecule has 0 aliphatic heterocycles. The first-order valence-corrected chi connectivity index (χ1v) is 5.96. The van der Waals surface area contributed by atoms with Crippen molar-refractivity contribution in [3.8, 4) is 0 Å². The van der Waals surface area contributed by atoms with E-state index >= 15 is 0 Å². The van der Waals surface area contributed by atoms with Crippen LogP contribution in [0.2, 0.25) is 0 Å². The highest BCUT2D eigenvalue weighted by atomic mass is 19.1. The van der Waals surface area contributed by atoms with E-state index in [2.05, 4.69) is 15.4 Å². The summed E-state index contributed by atoms with van der Waals surface area (Å²) in [5.74, 6) is 0.722. The summed E-state index contributed by atoms with van der Waals surface area (Å²) in [6, 6.07) is 7.05. The molecule has 1 aromatic carbocycles. The Morgan fingerprint density at radius 2 is 2.17 bits per heavy atom. The van der Waals surface area contributed by atoms with Gasteiger partial charge in [-0.3, -0.25) is 4.68 Å². The monoisotopic (exact) mass is 248 g/mol. The third-order valence-electron chi connectivity index (χ3n) is 2.90. The first-order valence-electron chi connectivity index (χ1n) is 5.96. The number of hydrogen-bond donors (Lipinski definition) is 1. The van der Waals surface area contributed by atoms with Crippen LogP contribution in [-0.2, 0) is 20.0 Å². The van der Waals surface area contributed by atoms with Crippen molar-refractivity contribution >= 4 is 0 Å². The summed E-state index contributed by atoms with van der Waals surface area (Å²) in [4.78, 5) is 4.13. The van der Waals surface area contributed by atoms with Crippen LogP contribution >= 0.6 is 0 Å². The Morgan fingerprint density at radius 3 is 2.83 bits per heavy atom. The molecule has 18 heavy (non-hydrogen) atoms. The number of rotatable bonds is 5. The van der Waals surface area contributed by atoms with Gasteiger partial charge in [-0.15, -0.1) is 0 Å². The Kier molecular flexibility index (Phi) is 4.04. The average molecular weight is 248 g/mol. The van der Waals surface area contributed by atoms with Crippen molar-refractivity contribution in [2.24, 2.45) is 7.05 Å². The molecule has 0 amide bonds. The molecule has 0 saturated heterocycles. The lowest BCUT2D eigenvalue weighted by molar-refractivity contribution is 0.507. The van der Waals surface area contributed by atoms with Gasteiger partial charge in [0.05, 0.1) is 6.54 Å². The summed E-state index contributed by atoms with van der Waals surface area (Å²) in [5.41, 5.74) is 0.732. The molecule has 1 N–H and O–H groups in total. The highest BCUT2D eigenvalue weighted by Gasteiger charge is 2.08. The van der Waals surface area contributed by atoms with Crippen LogP contribution in [0.1, 0.15) is 18.3 Å². The van der Waals surface area contributed by atoms with E-state index in [1.807, 2.05) is 26.1 Å². The predicted octanol–water partition coefficient (Wildman–Crippen LogP) is 1.68. The van der Waals surface area contributed by atoms with Crippen LogP contribution in [0.25, 0.3) is 0 Å². The lowest BCUT2D eigenvalue weighted by Gasteiger charge is -2.13. The second kappa shape index (κ2) is 5.73. The predicted molar refractivity (Wildman–Crippen MR) is 67.4 cm³/mol. The third-order valence-corrected chi connectivity index (χ3v) is 2.90. The maximum atomic E-state index is 13.5. The minimum absolute atomic E-state index is 0.148. The van der Waals surface area contributed by atoms with Gasteiger partial charge in [0.15, 0.2) is 0 Å². The Morgan fingerprint density at radius 1 is 1.39 bits per heavy atom. The Balaban J connectivity index is 1.88. The van der Waals surface area contributed by atoms with Crippen LogP contribution in [0.4, 0.5) is 4.39 Å². The fraction of sp³-hybridized carbons (Fsp3) is 0.385. The van der Waals surface area contributed by atoms with Crippen LogP contribution < -0.4 is 5.32 Å². The van der Waals surface area contributed by atoms with Crippen molar-refractivity contribution < 1.29 is 4.39 Å². The molecule has 2 aromatic rings. The Bertz CT molecular complexity index is 509. The van der Waals surface area contributed by atoms with E-state index in [1.54, 1.807) is 10.7 Å². The van der Waals surface area contributed by atoms with E-state index < -0.39 is 0 Å². The van der Waals surface area contributed by atoms with E-state index in [1.165, 1.54) is 12.4 Å². The Labute approximate surface area is 106 Å². The second-order valence-corrected chi connectivity index (χ2v) is 4.38. The molecule has 4 nitrogen and oxygen atoms in total. The number of aryl methyl sites for hydroxylation is 1. The summed E-state index contributed by atoms with van der Waals surface area (Å²) < 4.78 is 15.2. The summed E-state index contributed by atoms with van der Waals surface area (Å²) in [6.45, 7) is 2.66. The lowest BCUT2D eigenvalue weighted by Crippen LogP contribution is -2.29. The van der Waals surface area contributed by atoms with Crippen molar-refractivity contribution in [3.63, 3.8) is 0 Å². The molecule has 0 aliphatic rings. The molecule has 0 radical (unpaired) electrons. The molecule has 1 heterocycles. The van der Waals surface area contributed by atoms with Gasteiger partial charge in [0.1, 0.15) is 18.0 Å². The molecule has 5 heteroatoms. The summed E-state index contributed by atoms with van der Waals surface area (Å²) >= 11 is 0. The maximum Gasteiger partial charge on any atom is 0.140 e. The lowest BCUT2D eigenvalue weighted by atomic mass is 10.1. The molecular weight excluding hydrogens is 231 g/mol. The normalized spacial score (nSPS) is 12.6. The van der Waals surface area contributed by atoms with E-state index in [-0.39, 0.29) is 11.9 Å². The van der Waals surface area contributed by atoms with Crippen molar-refractivity contribution in [1.29, 1.82) is 0 Å². The average Bonchev–Trinajstić information content (AvgIpc) is 2.75. The first-order chi connectivity index (χ1) is 8.66. The number of hydrogen-bond acceptors (Lipinski definition) is 3. The second-order valence-electron chi connectivity index (χ2n) is 4.38. The zero-order valence-electron chi connectivity index (χ0n) is 10.6. The quantitative estimate of drug-likeness (QED) is 0.875. The molecule has 0 bridgehead atoms. The molecule has 0 aliphatic carbocycles. The smallest absolute Gasteiger partial charge is 0.140 e. The highest BCUT2D eigenvalue weighted by molar-refractivity contribution is 5.18. The minimum Gasteiger partial charge on any atom is -0.307 e. The first kappa shape index (κ1) is 12.7. The third kappa shape index (κ3) is 3.13. The van der Waals surface area contributed by atoms with Crippen molar-refractivity contribution in [1.82, 2.24) is 20.1 Å². The standard InChI is InChI=1S/C13H17FN4/c1-10(7-11-5-3-4-6-12(11)14)15-8-13-16-9-17-18(13)2/h3-6,9-10,15H,7-8H2,1-2H3/t10-/m1/s1. The van der Waals surface area contributed by atoms with Gasteiger partial charge >= 0.3 is 0 Å². The van der Waals surface area contributed by atoms with E-state index in [4.69, 9.17) is 0 Å². The minimum atomic E-state index is -0.148. The van der Waals surface area contributed by atoms with Gasteiger partial charge in [-0.25, -0.2) is 9.37 Å². The van der Waals surface area contributed by atoms with Crippen molar-refractivity contribution in [3.05, 3.63) is 47.8 Å². The topological polar surface area (TPSA) is 42.7 Å². The van der Waals surface area contributed by atoms with Gasteiger partial charge in [0.2, 0.25) is 0 Å². The molecule has 96 valence electrons. The van der Waals surface area contributed by atoms with Crippen LogP contribution in [0.5, 0.6) is 0 Å². The van der Waals surface area contributed by atoms with Gasteiger partial charge in [-0.2, -0.15) is 5.10 Å². The van der Waals surface area contributed by atoms with E-state index in [0.29, 0.717) is 13.0 Å². The van der Waals surface area contributed by atoms with Crippen LogP contribution in [0, 0.1) is 5.82 Å². The SMILES string of the molecule is C[C@H](Cc1ccccc1F)NCc1ncnn1C. The molecular formula is C13H17FN4. The van der Waals surface area contributed by atoms with Crippen molar-refractivity contribution in [2.45, 2.75) is 25.9 Å². The molecule has 1 atom stereocenters. The zero-order valence-corrected chi connectivity index (χ0v) is 10.6. The molecule has 0 unspecified atom stereocenters. The molecule has 0 saturated carbocycles. The molecule has 2 rings (SSSR count). The number of benzene rings is 1. The van der Waals surface area contributed by atoms with Gasteiger partial charge in [0, 0.05) is 13.1 Å². The van der Waals surface area contributed by atoms with Gasteiger partial charge in [0.25, 0.3) is 0 Å². The number of nitrogens with one attached hydrogen (secondary N) is 1. The summed E-state index contributed by atoms with van der Waals surface area (Å²) in [6.07, 6.45) is 2.18. The van der Waals surface area contributed by atoms with Gasteiger partial charge in [-0.1, -0.05) is 18.2 Å². The number of halogens is 1. The van der Waals surface area contributed by atoms with Crippen molar-refractivity contribution in [2.75, 3.05) is 0 Å². The summed E-state index contributed by atoms with van der Waals surface area (Å²) in [7, 11) is 1.85. The van der Waals surface area contributed by atoms with E-state index in [9.17, 15) is 4.39 Å². The van der Waals surface area contributed by atoms with Gasteiger partial charge in [-0.05, 0) is 25.0 Å².